The van der Waals surface area contributed by atoms with Crippen molar-refractivity contribution in [1.29, 1.82) is 0 Å². The molecule has 9 heteroatoms. The van der Waals surface area contributed by atoms with Gasteiger partial charge in [0.05, 0.1) is 4.92 Å². The van der Waals surface area contributed by atoms with Crippen LogP contribution in [0.2, 0.25) is 0 Å². The number of halogens is 1. The van der Waals surface area contributed by atoms with Gasteiger partial charge in [-0.05, 0) is 12.1 Å². The average molecular weight is 235 g/mol. The Labute approximate surface area is 83.9 Å². The molecule has 3 N–H and O–H groups in total. The summed E-state index contributed by atoms with van der Waals surface area (Å²) < 4.78 is 35.3. The van der Waals surface area contributed by atoms with Crippen LogP contribution in [0.4, 0.5) is 10.1 Å². The van der Waals surface area contributed by atoms with Crippen LogP contribution in [0.25, 0.3) is 0 Å². The second-order valence-corrected chi connectivity index (χ2v) is 4.15. The van der Waals surface area contributed by atoms with E-state index in [4.69, 9.17) is 0 Å². The van der Waals surface area contributed by atoms with Crippen molar-refractivity contribution in [3.63, 3.8) is 0 Å². The van der Waals surface area contributed by atoms with Crippen LogP contribution in [0.1, 0.15) is 0 Å². The zero-order chi connectivity index (χ0) is 11.6. The van der Waals surface area contributed by atoms with Gasteiger partial charge < -0.3 is 0 Å². The molecule has 1 rings (SSSR count). The minimum Gasteiger partial charge on any atom is -0.258 e. The molecular formula is C6H6FN3O4S. The fraction of sp³-hybridized carbons (Fsp3) is 0. The molecular weight excluding hydrogens is 229 g/mol. The van der Waals surface area contributed by atoms with E-state index in [1.165, 1.54) is 4.83 Å². The Kier molecular flexibility index (Phi) is 2.98. The van der Waals surface area contributed by atoms with Gasteiger partial charge in [0, 0.05) is 0 Å². The first-order chi connectivity index (χ1) is 6.90. The number of para-hydroxylation sites is 1. The molecule has 0 bridgehead atoms. The maximum atomic E-state index is 13.0. The van der Waals surface area contributed by atoms with Crippen LogP contribution in [0, 0.1) is 15.9 Å². The van der Waals surface area contributed by atoms with Gasteiger partial charge in [-0.3, -0.25) is 16.0 Å². The summed E-state index contributed by atoms with van der Waals surface area (Å²) in [5.74, 6) is 3.43. The highest BCUT2D eigenvalue weighted by Gasteiger charge is 2.28. The molecule has 0 atom stereocenters. The van der Waals surface area contributed by atoms with E-state index in [0.29, 0.717) is 0 Å². The van der Waals surface area contributed by atoms with Gasteiger partial charge in [0.25, 0.3) is 10.0 Å². The van der Waals surface area contributed by atoms with Gasteiger partial charge in [-0.2, -0.15) is 4.39 Å². The van der Waals surface area contributed by atoms with Crippen LogP contribution in [0.3, 0.4) is 0 Å². The Morgan fingerprint density at radius 1 is 1.47 bits per heavy atom. The molecule has 1 aromatic rings. The smallest absolute Gasteiger partial charge is 0.258 e. The predicted molar refractivity (Wildman–Crippen MR) is 47.6 cm³/mol. The van der Waals surface area contributed by atoms with Gasteiger partial charge in [-0.15, -0.1) is 4.83 Å². The summed E-state index contributed by atoms with van der Waals surface area (Å²) in [6.45, 7) is 0. The molecule has 0 saturated heterocycles. The minimum absolute atomic E-state index is 0.785. The Morgan fingerprint density at radius 2 is 2.07 bits per heavy atom. The van der Waals surface area contributed by atoms with E-state index in [-0.39, 0.29) is 0 Å². The second-order valence-electron chi connectivity index (χ2n) is 2.46. The van der Waals surface area contributed by atoms with Gasteiger partial charge in [-0.25, -0.2) is 8.42 Å². The van der Waals surface area contributed by atoms with Crippen molar-refractivity contribution in [2.45, 2.75) is 4.90 Å². The number of rotatable bonds is 3. The van der Waals surface area contributed by atoms with Crippen molar-refractivity contribution in [2.75, 3.05) is 0 Å². The van der Waals surface area contributed by atoms with E-state index in [1.54, 1.807) is 0 Å². The van der Waals surface area contributed by atoms with Crippen molar-refractivity contribution in [3.8, 4) is 0 Å². The number of nitrogens with two attached hydrogens (primary N) is 1. The third kappa shape index (κ3) is 2.09. The van der Waals surface area contributed by atoms with Crippen molar-refractivity contribution in [2.24, 2.45) is 5.84 Å². The molecule has 0 saturated carbocycles. The van der Waals surface area contributed by atoms with Gasteiger partial charge >= 0.3 is 5.69 Å². The SMILES string of the molecule is NNS(=O)(=O)c1cccc(F)c1[N+](=O)[O-]. The van der Waals surface area contributed by atoms with Crippen LogP contribution in [0.5, 0.6) is 0 Å². The van der Waals surface area contributed by atoms with E-state index in [0.717, 1.165) is 18.2 Å². The first kappa shape index (κ1) is 11.5. The first-order valence-electron chi connectivity index (χ1n) is 3.55. The topological polar surface area (TPSA) is 115 Å². The van der Waals surface area contributed by atoms with Crippen molar-refractivity contribution >= 4 is 15.7 Å². The molecule has 0 aliphatic rings. The molecule has 0 fully saturated rings. The summed E-state index contributed by atoms with van der Waals surface area (Å²) >= 11 is 0. The van der Waals surface area contributed by atoms with Gasteiger partial charge in [-0.1, -0.05) is 6.07 Å². The van der Waals surface area contributed by atoms with E-state index < -0.39 is 31.3 Å². The summed E-state index contributed by atoms with van der Waals surface area (Å²) in [4.78, 5) is 9.88. The van der Waals surface area contributed by atoms with E-state index in [1.807, 2.05) is 0 Å². The molecule has 0 heterocycles. The van der Waals surface area contributed by atoms with Gasteiger partial charge in [0.2, 0.25) is 5.82 Å². The molecule has 0 radical (unpaired) electrons. The molecule has 1 aromatic carbocycles. The number of sulfonamides is 1. The quantitative estimate of drug-likeness (QED) is 0.430. The lowest BCUT2D eigenvalue weighted by molar-refractivity contribution is -0.390. The number of hydrogen-bond donors (Lipinski definition) is 2. The van der Waals surface area contributed by atoms with Crippen LogP contribution in [-0.2, 0) is 10.0 Å². The normalized spacial score (nSPS) is 11.3. The number of nitro groups is 1. The Hall–Kier alpha value is -1.58. The highest BCUT2D eigenvalue weighted by Crippen LogP contribution is 2.25. The Morgan fingerprint density at radius 3 is 2.53 bits per heavy atom. The largest absolute Gasteiger partial charge is 0.324 e. The number of hydrazine groups is 1. The Balaban J connectivity index is 3.57. The first-order valence-corrected chi connectivity index (χ1v) is 5.04. The van der Waals surface area contributed by atoms with Crippen LogP contribution < -0.4 is 10.7 Å². The molecule has 0 aliphatic carbocycles. The molecule has 0 spiro atoms. The van der Waals surface area contributed by atoms with Gasteiger partial charge in [0.1, 0.15) is 0 Å². The number of nitrogens with one attached hydrogen (secondary N) is 1. The van der Waals surface area contributed by atoms with Crippen molar-refractivity contribution in [3.05, 3.63) is 34.1 Å². The number of nitrogens with zero attached hydrogens (tertiary/aromatic N) is 1. The summed E-state index contributed by atoms with van der Waals surface area (Å²) in [5, 5.41) is 10.4. The molecule has 0 unspecified atom stereocenters. The summed E-state index contributed by atoms with van der Waals surface area (Å²) in [6, 6.07) is 2.70. The number of benzene rings is 1. The summed E-state index contributed by atoms with van der Waals surface area (Å²) in [5.41, 5.74) is -1.13. The van der Waals surface area contributed by atoms with Crippen LogP contribution >= 0.6 is 0 Å². The lowest BCUT2D eigenvalue weighted by Gasteiger charge is -2.03. The van der Waals surface area contributed by atoms with Gasteiger partial charge in [0.15, 0.2) is 4.90 Å². The zero-order valence-corrected chi connectivity index (χ0v) is 7.99. The third-order valence-electron chi connectivity index (χ3n) is 1.58. The lowest BCUT2D eigenvalue weighted by atomic mass is 10.3. The third-order valence-corrected chi connectivity index (χ3v) is 2.80. The molecule has 82 valence electrons. The van der Waals surface area contributed by atoms with Crippen molar-refractivity contribution in [1.82, 2.24) is 4.83 Å². The fourth-order valence-corrected chi connectivity index (χ4v) is 1.76. The zero-order valence-electron chi connectivity index (χ0n) is 7.18. The molecule has 0 aromatic heterocycles. The standard InChI is InChI=1S/C6H6FN3O4S/c7-4-2-1-3-5(6(4)10(11)12)15(13,14)9-8/h1-3,9H,8H2. The number of hydrogen-bond acceptors (Lipinski definition) is 5. The Bertz CT molecular complexity index is 501. The molecule has 0 aliphatic heterocycles. The highest BCUT2D eigenvalue weighted by atomic mass is 32.2. The molecule has 0 amide bonds. The second kappa shape index (κ2) is 3.88. The fourth-order valence-electron chi connectivity index (χ4n) is 0.953. The lowest BCUT2D eigenvalue weighted by Crippen LogP contribution is -2.30. The van der Waals surface area contributed by atoms with Crippen LogP contribution in [0.15, 0.2) is 23.1 Å². The number of nitro benzene ring substituents is 1. The van der Waals surface area contributed by atoms with E-state index >= 15 is 0 Å². The highest BCUT2D eigenvalue weighted by molar-refractivity contribution is 7.89. The molecule has 7 nitrogen and oxygen atoms in total. The maximum absolute atomic E-state index is 13.0. The monoisotopic (exact) mass is 235 g/mol. The molecule has 15 heavy (non-hydrogen) atoms. The summed E-state index contributed by atoms with van der Waals surface area (Å²) in [7, 11) is -4.25. The van der Waals surface area contributed by atoms with E-state index in [9.17, 15) is 22.9 Å². The van der Waals surface area contributed by atoms with E-state index in [2.05, 4.69) is 5.84 Å². The average Bonchev–Trinajstić information content (AvgIpc) is 2.16. The predicted octanol–water partition coefficient (Wildman–Crippen LogP) is -0.114. The maximum Gasteiger partial charge on any atom is 0.324 e. The minimum atomic E-state index is -4.25. The summed E-state index contributed by atoms with van der Waals surface area (Å²) in [6.07, 6.45) is 0. The van der Waals surface area contributed by atoms with Crippen molar-refractivity contribution < 1.29 is 17.7 Å². The van der Waals surface area contributed by atoms with Crippen LogP contribution in [-0.4, -0.2) is 13.3 Å².